The van der Waals surface area contributed by atoms with Crippen LogP contribution in [-0.4, -0.2) is 82.0 Å². The monoisotopic (exact) mass is 638 g/mol. The number of nitrogens with zero attached hydrogens (tertiary/aromatic N) is 6. The zero-order valence-corrected chi connectivity index (χ0v) is 25.4. The first kappa shape index (κ1) is 27.8. The van der Waals surface area contributed by atoms with Gasteiger partial charge in [-0.05, 0) is 50.8 Å². The second kappa shape index (κ2) is 9.76. The summed E-state index contributed by atoms with van der Waals surface area (Å²) in [5.74, 6) is -0.864. The van der Waals surface area contributed by atoms with Gasteiger partial charge >= 0.3 is 6.01 Å². The molecule has 5 fully saturated rings. The number of rotatable bonds is 6. The molecule has 0 unspecified atom stereocenters. The first-order valence-electron chi connectivity index (χ1n) is 15.7. The van der Waals surface area contributed by atoms with Crippen LogP contribution in [0, 0.1) is 17.0 Å². The number of halogens is 3. The van der Waals surface area contributed by atoms with Gasteiger partial charge in [0, 0.05) is 56.2 Å². The number of ether oxygens (including phenoxy) is 1. The van der Waals surface area contributed by atoms with Crippen molar-refractivity contribution in [1.82, 2.24) is 29.7 Å². The average Bonchev–Trinajstić information content (AvgIpc) is 3.29. The summed E-state index contributed by atoms with van der Waals surface area (Å²) in [6.07, 6.45) is 3.56. The van der Waals surface area contributed by atoms with Gasteiger partial charge in [-0.1, -0.05) is 11.3 Å². The molecule has 1 spiro atoms. The molecule has 3 aromatic heterocycles. The second-order valence-corrected chi connectivity index (χ2v) is 14.6. The molecule has 45 heavy (non-hydrogen) atoms. The molecule has 0 radical (unpaired) electrons. The van der Waals surface area contributed by atoms with Gasteiger partial charge in [-0.25, -0.2) is 18.2 Å². The van der Waals surface area contributed by atoms with Crippen molar-refractivity contribution in [3.05, 3.63) is 34.1 Å². The van der Waals surface area contributed by atoms with Crippen LogP contribution in [0.3, 0.4) is 0 Å². The van der Waals surface area contributed by atoms with Crippen LogP contribution in [0.1, 0.15) is 44.6 Å². The minimum atomic E-state index is -0.924. The highest BCUT2D eigenvalue weighted by Crippen LogP contribution is 2.45. The van der Waals surface area contributed by atoms with Crippen molar-refractivity contribution >= 4 is 43.4 Å². The topological polar surface area (TPSA) is 114 Å². The molecular weight excluding hydrogens is 605 g/mol. The Hall–Kier alpha value is -3.49. The molecule has 1 aliphatic carbocycles. The summed E-state index contributed by atoms with van der Waals surface area (Å²) < 4.78 is 54.4. The molecular formula is C31H33F3N8O2S. The maximum atomic E-state index is 17.2. The molecule has 1 saturated carbocycles. The number of alkyl halides is 1. The van der Waals surface area contributed by atoms with Crippen molar-refractivity contribution < 1.29 is 17.9 Å². The Balaban J connectivity index is 1.24. The quantitative estimate of drug-likeness (QED) is 0.323. The van der Waals surface area contributed by atoms with E-state index in [1.807, 2.05) is 0 Å². The number of pyridine rings is 1. The minimum absolute atomic E-state index is 0.0126. The fraction of sp³-hybridized carbons (Fsp3) is 0.548. The first-order valence-corrected chi connectivity index (χ1v) is 16.5. The lowest BCUT2D eigenvalue weighted by molar-refractivity contribution is 0.107. The Kier molecular flexibility index (Phi) is 6.02. The van der Waals surface area contributed by atoms with Gasteiger partial charge < -0.3 is 25.3 Å². The molecule has 1 aromatic carbocycles. The SMILES string of the molecule is Nc1nc2c(-c3c(F)c4nc(OC[C@@]56CCCN5C[C@H](F)C6)nc(N5CCC6(CNC6)C5)c4c(=O)n3C3CC3)ccc(F)c2s1. The number of fused-ring (bicyclic) bond motifs is 3. The normalized spacial score (nSPS) is 25.9. The highest BCUT2D eigenvalue weighted by molar-refractivity contribution is 7.22. The van der Waals surface area contributed by atoms with Crippen molar-refractivity contribution in [3.8, 4) is 17.3 Å². The van der Waals surface area contributed by atoms with Gasteiger partial charge in [0.1, 0.15) is 35.3 Å². The van der Waals surface area contributed by atoms with Crippen LogP contribution in [-0.2, 0) is 0 Å². The van der Waals surface area contributed by atoms with Crippen LogP contribution in [0.15, 0.2) is 16.9 Å². The van der Waals surface area contributed by atoms with E-state index in [4.69, 9.17) is 15.5 Å². The molecule has 2 atom stereocenters. The van der Waals surface area contributed by atoms with Crippen LogP contribution in [0.25, 0.3) is 32.4 Å². The van der Waals surface area contributed by atoms with Crippen molar-refractivity contribution in [1.29, 1.82) is 0 Å². The van der Waals surface area contributed by atoms with Crippen molar-refractivity contribution in [2.75, 3.05) is 56.5 Å². The Morgan fingerprint density at radius 3 is 2.71 bits per heavy atom. The van der Waals surface area contributed by atoms with E-state index < -0.39 is 28.9 Å². The van der Waals surface area contributed by atoms with Gasteiger partial charge in [0.05, 0.1) is 21.4 Å². The summed E-state index contributed by atoms with van der Waals surface area (Å²) in [5, 5.41) is 3.61. The molecule has 5 aliphatic rings. The Morgan fingerprint density at radius 1 is 1.11 bits per heavy atom. The van der Waals surface area contributed by atoms with Crippen molar-refractivity contribution in [2.24, 2.45) is 5.41 Å². The summed E-state index contributed by atoms with van der Waals surface area (Å²) in [6.45, 7) is 4.46. The molecule has 0 amide bonds. The molecule has 9 rings (SSSR count). The van der Waals surface area contributed by atoms with E-state index in [0.29, 0.717) is 44.7 Å². The Labute approximate surface area is 260 Å². The Bertz CT molecular complexity index is 1940. The smallest absolute Gasteiger partial charge is 0.319 e. The molecule has 236 valence electrons. The lowest BCUT2D eigenvalue weighted by atomic mass is 9.81. The molecule has 4 aliphatic heterocycles. The number of hydrogen-bond acceptors (Lipinski definition) is 10. The first-order chi connectivity index (χ1) is 21.7. The maximum Gasteiger partial charge on any atom is 0.319 e. The standard InChI is InChI=1S/C31H33F3N8O2S/c32-16-10-31(6-1-8-41(31)11-16)15-44-29-38-23-20(26(39-29)40-9-7-30(14-40)12-36-13-30)27(43)42(17-2-3-17)24(21(23)34)18-4-5-19(33)25-22(18)37-28(35)45-25/h4-5,16-17,36H,1-3,6-15H2,(H2,35,37)/t16-,31+/m1/s1. The maximum absolute atomic E-state index is 17.2. The van der Waals surface area contributed by atoms with E-state index in [2.05, 4.69) is 25.1 Å². The fourth-order valence-electron chi connectivity index (χ4n) is 8.16. The summed E-state index contributed by atoms with van der Waals surface area (Å²) in [7, 11) is 0. The van der Waals surface area contributed by atoms with Gasteiger partial charge in [0.25, 0.3) is 5.56 Å². The number of nitrogens with two attached hydrogens (primary N) is 1. The van der Waals surface area contributed by atoms with Crippen LogP contribution < -0.4 is 26.2 Å². The molecule has 4 saturated heterocycles. The number of nitrogen functional groups attached to an aromatic ring is 1. The summed E-state index contributed by atoms with van der Waals surface area (Å²) in [5.41, 5.74) is 5.56. The Morgan fingerprint density at radius 2 is 1.96 bits per heavy atom. The fourth-order valence-corrected chi connectivity index (χ4v) is 8.92. The third kappa shape index (κ3) is 4.21. The lowest BCUT2D eigenvalue weighted by Gasteiger charge is -2.39. The van der Waals surface area contributed by atoms with Gasteiger partial charge in [0.2, 0.25) is 0 Å². The predicted octanol–water partition coefficient (Wildman–Crippen LogP) is 4.02. The third-order valence-corrected chi connectivity index (χ3v) is 11.5. The zero-order chi connectivity index (χ0) is 30.7. The van der Waals surface area contributed by atoms with Gasteiger partial charge in [0.15, 0.2) is 10.9 Å². The van der Waals surface area contributed by atoms with Crippen LogP contribution in [0.4, 0.5) is 24.1 Å². The number of benzene rings is 1. The largest absolute Gasteiger partial charge is 0.461 e. The number of thiazole rings is 1. The van der Waals surface area contributed by atoms with E-state index >= 15 is 4.39 Å². The van der Waals surface area contributed by atoms with E-state index in [1.165, 1.54) is 16.7 Å². The van der Waals surface area contributed by atoms with Crippen molar-refractivity contribution in [3.63, 3.8) is 0 Å². The lowest BCUT2D eigenvalue weighted by Crippen LogP contribution is -2.54. The number of nitrogens with one attached hydrogen (secondary N) is 1. The summed E-state index contributed by atoms with van der Waals surface area (Å²) in [6, 6.07) is 2.46. The van der Waals surface area contributed by atoms with Gasteiger partial charge in [-0.15, -0.1) is 0 Å². The third-order valence-electron chi connectivity index (χ3n) is 10.6. The zero-order valence-electron chi connectivity index (χ0n) is 24.6. The van der Waals surface area contributed by atoms with E-state index in [9.17, 15) is 13.6 Å². The number of hydrogen-bond donors (Lipinski definition) is 2. The molecule has 4 aromatic rings. The summed E-state index contributed by atoms with van der Waals surface area (Å²) in [4.78, 5) is 32.4. The molecule has 10 nitrogen and oxygen atoms in total. The van der Waals surface area contributed by atoms with Crippen LogP contribution in [0.2, 0.25) is 0 Å². The molecule has 3 N–H and O–H groups in total. The van der Waals surface area contributed by atoms with E-state index in [-0.39, 0.29) is 61.6 Å². The minimum Gasteiger partial charge on any atom is -0.461 e. The van der Waals surface area contributed by atoms with Crippen LogP contribution in [0.5, 0.6) is 6.01 Å². The van der Waals surface area contributed by atoms with Crippen LogP contribution >= 0.6 is 11.3 Å². The number of aromatic nitrogens is 4. The van der Waals surface area contributed by atoms with E-state index in [1.54, 1.807) is 0 Å². The van der Waals surface area contributed by atoms with Gasteiger partial charge in [-0.2, -0.15) is 9.97 Å². The molecule has 7 heterocycles. The average molecular weight is 639 g/mol. The molecule has 0 bridgehead atoms. The highest BCUT2D eigenvalue weighted by atomic mass is 32.1. The summed E-state index contributed by atoms with van der Waals surface area (Å²) >= 11 is 0.980. The highest BCUT2D eigenvalue weighted by Gasteiger charge is 2.50. The van der Waals surface area contributed by atoms with Gasteiger partial charge in [-0.3, -0.25) is 9.69 Å². The second-order valence-electron chi connectivity index (χ2n) is 13.6. The van der Waals surface area contributed by atoms with E-state index in [0.717, 1.165) is 50.2 Å². The molecule has 14 heteroatoms. The van der Waals surface area contributed by atoms with Crippen molar-refractivity contribution in [2.45, 2.75) is 56.3 Å². The predicted molar refractivity (Wildman–Crippen MR) is 166 cm³/mol. The number of anilines is 2.